The van der Waals surface area contributed by atoms with Gasteiger partial charge in [0.25, 0.3) is 0 Å². The molecule has 1 aromatic heterocycles. The van der Waals surface area contributed by atoms with E-state index in [2.05, 4.69) is 33.7 Å². The van der Waals surface area contributed by atoms with Gasteiger partial charge in [0, 0.05) is 17.7 Å². The Morgan fingerprint density at radius 2 is 1.88 bits per heavy atom. The van der Waals surface area contributed by atoms with Crippen molar-refractivity contribution >= 4 is 11.6 Å². The maximum Gasteiger partial charge on any atom is 0.193 e. The highest BCUT2D eigenvalue weighted by Crippen LogP contribution is 2.28. The topological polar surface area (TPSA) is 76.4 Å². The molecule has 5 heteroatoms. The summed E-state index contributed by atoms with van der Waals surface area (Å²) in [5.41, 5.74) is 12.2. The summed E-state index contributed by atoms with van der Waals surface area (Å²) in [6.07, 6.45) is 9.22. The van der Waals surface area contributed by atoms with Crippen LogP contribution in [0.5, 0.6) is 0 Å². The minimum Gasteiger partial charge on any atom is -0.370 e. The lowest BCUT2D eigenvalue weighted by Crippen LogP contribution is -2.24. The van der Waals surface area contributed by atoms with E-state index >= 15 is 0 Å². The molecule has 0 saturated heterocycles. The first kappa shape index (κ1) is 15.2. The van der Waals surface area contributed by atoms with Gasteiger partial charge in [-0.25, -0.2) is 4.99 Å². The molecule has 0 aliphatic heterocycles. The normalized spacial score (nSPS) is 17.2. The Bertz CT molecular complexity index is 763. The summed E-state index contributed by atoms with van der Waals surface area (Å²) < 4.78 is 5.43. The maximum absolute atomic E-state index is 6.11. The number of aliphatic imine (C=N–C) groups is 1. The van der Waals surface area contributed by atoms with Gasteiger partial charge in [-0.05, 0) is 62.1 Å². The Morgan fingerprint density at radius 3 is 2.79 bits per heavy atom. The first-order valence-corrected chi connectivity index (χ1v) is 8.95. The van der Waals surface area contributed by atoms with Crippen molar-refractivity contribution < 1.29 is 4.52 Å². The first-order valence-electron chi connectivity index (χ1n) is 8.95. The van der Waals surface area contributed by atoms with E-state index in [0.717, 1.165) is 42.8 Å². The number of fused-ring (bicyclic) bond motifs is 2. The Balaban J connectivity index is 1.47. The van der Waals surface area contributed by atoms with E-state index < -0.39 is 0 Å². The molecule has 0 amide bonds. The molecule has 0 fully saturated rings. The summed E-state index contributed by atoms with van der Waals surface area (Å²) >= 11 is 0. The van der Waals surface area contributed by atoms with E-state index in [-0.39, 0.29) is 0 Å². The van der Waals surface area contributed by atoms with E-state index in [0.29, 0.717) is 12.5 Å². The van der Waals surface area contributed by atoms with Gasteiger partial charge < -0.3 is 15.6 Å². The molecule has 0 atom stereocenters. The van der Waals surface area contributed by atoms with Gasteiger partial charge in [0.15, 0.2) is 5.96 Å². The lowest BCUT2D eigenvalue weighted by Gasteiger charge is -2.19. The molecule has 1 heterocycles. The van der Waals surface area contributed by atoms with Gasteiger partial charge in [-0.3, -0.25) is 0 Å². The molecule has 2 aliphatic rings. The predicted molar refractivity (Wildman–Crippen MR) is 95.2 cm³/mol. The number of aryl methyl sites for hydroxylation is 2. The molecule has 126 valence electrons. The molecular formula is C19H24N4O. The lowest BCUT2D eigenvalue weighted by molar-refractivity contribution is 0.368. The van der Waals surface area contributed by atoms with E-state index in [4.69, 9.17) is 10.3 Å². The second kappa shape index (κ2) is 6.67. The van der Waals surface area contributed by atoms with E-state index in [1.165, 1.54) is 42.4 Å². The number of nitrogens with zero attached hydrogens (tertiary/aromatic N) is 2. The van der Waals surface area contributed by atoms with Crippen LogP contribution < -0.4 is 11.1 Å². The van der Waals surface area contributed by atoms with Crippen LogP contribution in [-0.2, 0) is 32.2 Å². The molecule has 4 rings (SSSR count). The predicted octanol–water partition coefficient (Wildman–Crippen LogP) is 3.36. The number of rotatable bonds is 3. The van der Waals surface area contributed by atoms with E-state index in [1.807, 2.05) is 0 Å². The van der Waals surface area contributed by atoms with Crippen molar-refractivity contribution in [2.24, 2.45) is 10.7 Å². The van der Waals surface area contributed by atoms with Crippen molar-refractivity contribution in [1.29, 1.82) is 0 Å². The Morgan fingerprint density at radius 1 is 1.08 bits per heavy atom. The van der Waals surface area contributed by atoms with Crippen LogP contribution in [0.4, 0.5) is 5.69 Å². The average molecular weight is 324 g/mol. The molecule has 0 bridgehead atoms. The number of hydrogen-bond acceptors (Lipinski definition) is 3. The van der Waals surface area contributed by atoms with Crippen molar-refractivity contribution in [2.45, 2.75) is 57.9 Å². The monoisotopic (exact) mass is 324 g/mol. The first-order chi connectivity index (χ1) is 11.8. The molecule has 24 heavy (non-hydrogen) atoms. The highest BCUT2D eigenvalue weighted by atomic mass is 16.5. The zero-order valence-corrected chi connectivity index (χ0v) is 14.0. The quantitative estimate of drug-likeness (QED) is 0.670. The minimum absolute atomic E-state index is 0.446. The van der Waals surface area contributed by atoms with Crippen LogP contribution >= 0.6 is 0 Å². The number of benzene rings is 1. The summed E-state index contributed by atoms with van der Waals surface area (Å²) in [5.74, 6) is 1.48. The number of anilines is 1. The van der Waals surface area contributed by atoms with Gasteiger partial charge in [-0.1, -0.05) is 17.3 Å². The third kappa shape index (κ3) is 3.03. The average Bonchev–Trinajstić information content (AvgIpc) is 3.04. The fourth-order valence-corrected chi connectivity index (χ4v) is 3.81. The van der Waals surface area contributed by atoms with Gasteiger partial charge >= 0.3 is 0 Å². The zero-order chi connectivity index (χ0) is 16.4. The van der Waals surface area contributed by atoms with Gasteiger partial charge in [0.05, 0.1) is 6.54 Å². The lowest BCUT2D eigenvalue weighted by atomic mass is 9.90. The van der Waals surface area contributed by atoms with Gasteiger partial charge in [-0.2, -0.15) is 0 Å². The fourth-order valence-electron chi connectivity index (χ4n) is 3.81. The molecule has 1 aromatic carbocycles. The summed E-state index contributed by atoms with van der Waals surface area (Å²) in [4.78, 5) is 4.48. The second-order valence-electron chi connectivity index (χ2n) is 6.71. The number of guanidine groups is 1. The second-order valence-corrected chi connectivity index (χ2v) is 6.71. The van der Waals surface area contributed by atoms with E-state index in [1.54, 1.807) is 0 Å². The van der Waals surface area contributed by atoms with Crippen molar-refractivity contribution in [3.8, 4) is 0 Å². The highest BCUT2D eigenvalue weighted by Gasteiger charge is 2.19. The van der Waals surface area contributed by atoms with Crippen LogP contribution in [0.3, 0.4) is 0 Å². The number of hydrogen-bond donors (Lipinski definition) is 2. The van der Waals surface area contributed by atoms with Crippen molar-refractivity contribution in [2.75, 3.05) is 5.32 Å². The molecule has 0 radical (unpaired) electrons. The van der Waals surface area contributed by atoms with Gasteiger partial charge in [0.2, 0.25) is 0 Å². The number of nitrogens with one attached hydrogen (secondary N) is 1. The molecule has 0 unspecified atom stereocenters. The standard InChI is InChI=1S/C19H24N4O/c20-19(21-12-17-15-9-3-4-11-18(15)24-23-17)22-16-10-5-7-13-6-1-2-8-14(13)16/h5,7,10H,1-4,6,8-9,11-12H2,(H3,20,21,22). The molecule has 5 nitrogen and oxygen atoms in total. The number of aromatic nitrogens is 1. The molecule has 0 saturated carbocycles. The maximum atomic E-state index is 6.11. The minimum atomic E-state index is 0.446. The van der Waals surface area contributed by atoms with Crippen molar-refractivity contribution in [3.63, 3.8) is 0 Å². The fraction of sp³-hybridized carbons (Fsp3) is 0.474. The Hall–Kier alpha value is -2.30. The SMILES string of the molecule is NC(=NCc1noc2c1CCCC2)Nc1cccc2c1CCCC2. The third-order valence-corrected chi connectivity index (χ3v) is 5.09. The van der Waals surface area contributed by atoms with Crippen LogP contribution in [0.1, 0.15) is 53.8 Å². The van der Waals surface area contributed by atoms with Crippen molar-refractivity contribution in [3.05, 3.63) is 46.3 Å². The highest BCUT2D eigenvalue weighted by molar-refractivity contribution is 5.93. The Labute approximate surface area is 142 Å². The summed E-state index contributed by atoms with van der Waals surface area (Å²) in [5, 5.41) is 7.46. The Kier molecular flexibility index (Phi) is 4.24. The van der Waals surface area contributed by atoms with Crippen molar-refractivity contribution in [1.82, 2.24) is 5.16 Å². The van der Waals surface area contributed by atoms with Gasteiger partial charge in [0.1, 0.15) is 11.5 Å². The molecule has 2 aromatic rings. The molecule has 0 spiro atoms. The summed E-state index contributed by atoms with van der Waals surface area (Å²) in [7, 11) is 0. The van der Waals surface area contributed by atoms with Crippen LogP contribution in [-0.4, -0.2) is 11.1 Å². The van der Waals surface area contributed by atoms with Crippen LogP contribution in [0.2, 0.25) is 0 Å². The summed E-state index contributed by atoms with van der Waals surface area (Å²) in [6, 6.07) is 6.40. The van der Waals surface area contributed by atoms with Crippen LogP contribution in [0.25, 0.3) is 0 Å². The molecule has 2 aliphatic carbocycles. The van der Waals surface area contributed by atoms with Gasteiger partial charge in [-0.15, -0.1) is 0 Å². The molecular weight excluding hydrogens is 300 g/mol. The van der Waals surface area contributed by atoms with Crippen LogP contribution in [0, 0.1) is 0 Å². The number of nitrogens with two attached hydrogens (primary N) is 1. The zero-order valence-electron chi connectivity index (χ0n) is 14.0. The largest absolute Gasteiger partial charge is 0.370 e. The summed E-state index contributed by atoms with van der Waals surface area (Å²) in [6.45, 7) is 0.479. The smallest absolute Gasteiger partial charge is 0.193 e. The van der Waals surface area contributed by atoms with Crippen LogP contribution in [0.15, 0.2) is 27.7 Å². The molecule has 3 N–H and O–H groups in total. The third-order valence-electron chi connectivity index (χ3n) is 5.09. The van der Waals surface area contributed by atoms with E-state index in [9.17, 15) is 0 Å².